The van der Waals surface area contributed by atoms with E-state index in [0.29, 0.717) is 0 Å². The molecule has 0 aromatic rings. The average Bonchev–Trinajstić information content (AvgIpc) is 2.45. The fourth-order valence-corrected chi connectivity index (χ4v) is 2.59. The van der Waals surface area contributed by atoms with E-state index in [9.17, 15) is 4.79 Å². The summed E-state index contributed by atoms with van der Waals surface area (Å²) in [6.07, 6.45) is 20.1. The van der Waals surface area contributed by atoms with Gasteiger partial charge in [-0.1, -0.05) is 76.9 Å². The Morgan fingerprint density at radius 2 is 1.20 bits per heavy atom. The van der Waals surface area contributed by atoms with Gasteiger partial charge in [0.15, 0.2) is 0 Å². The normalized spacial score (nSPS) is 10.7. The van der Waals surface area contributed by atoms with Gasteiger partial charge in [0.05, 0.1) is 0 Å². The summed E-state index contributed by atoms with van der Waals surface area (Å²) in [6, 6.07) is 0. The molecule has 0 aliphatic rings. The quantitative estimate of drug-likeness (QED) is 0.176. The number of hydrogen-bond donors (Lipinski definition) is 0. The topological polar surface area (TPSA) is 17.1 Å². The van der Waals surface area contributed by atoms with Crippen molar-refractivity contribution in [3.05, 3.63) is 12.2 Å². The van der Waals surface area contributed by atoms with Gasteiger partial charge in [-0.2, -0.15) is 0 Å². The molecule has 0 amide bonds. The lowest BCUT2D eigenvalue weighted by molar-refractivity contribution is -0.107. The molecule has 0 bridgehead atoms. The van der Waals surface area contributed by atoms with E-state index >= 15 is 0 Å². The number of rotatable bonds is 16. The lowest BCUT2D eigenvalue weighted by Gasteiger charge is -2.06. The van der Waals surface area contributed by atoms with E-state index in [0.717, 1.165) is 19.1 Å². The van der Waals surface area contributed by atoms with Crippen molar-refractivity contribution in [1.29, 1.82) is 0 Å². The van der Waals surface area contributed by atoms with Crippen molar-refractivity contribution >= 4 is 6.29 Å². The zero-order valence-corrected chi connectivity index (χ0v) is 13.8. The molecular formula is C19H36O. The second kappa shape index (κ2) is 16.5. The van der Waals surface area contributed by atoms with Gasteiger partial charge < -0.3 is 4.79 Å². The zero-order valence-electron chi connectivity index (χ0n) is 13.8. The largest absolute Gasteiger partial charge is 0.303 e. The van der Waals surface area contributed by atoms with Gasteiger partial charge in [0.1, 0.15) is 6.29 Å². The molecule has 0 saturated carbocycles. The molecule has 20 heavy (non-hydrogen) atoms. The first-order chi connectivity index (χ1) is 9.81. The molecule has 0 N–H and O–H groups in total. The molecule has 0 fully saturated rings. The van der Waals surface area contributed by atoms with Crippen LogP contribution in [0.3, 0.4) is 0 Å². The summed E-state index contributed by atoms with van der Waals surface area (Å²) in [5.74, 6) is 0. The highest BCUT2D eigenvalue weighted by Crippen LogP contribution is 2.16. The predicted molar refractivity (Wildman–Crippen MR) is 90.1 cm³/mol. The number of carbonyl (C=O) groups excluding carboxylic acids is 1. The molecule has 0 spiro atoms. The Kier molecular flexibility index (Phi) is 16.0. The lowest BCUT2D eigenvalue weighted by Crippen LogP contribution is -1.86. The van der Waals surface area contributed by atoms with Crippen LogP contribution in [-0.2, 0) is 4.79 Å². The summed E-state index contributed by atoms with van der Waals surface area (Å²) in [5.41, 5.74) is 1.46. The van der Waals surface area contributed by atoms with E-state index < -0.39 is 0 Å². The highest BCUT2D eigenvalue weighted by molar-refractivity contribution is 5.48. The van der Waals surface area contributed by atoms with E-state index in [1.807, 2.05) is 0 Å². The van der Waals surface area contributed by atoms with E-state index in [-0.39, 0.29) is 0 Å². The summed E-state index contributed by atoms with van der Waals surface area (Å²) in [5, 5.41) is 0. The Labute approximate surface area is 127 Å². The maximum Gasteiger partial charge on any atom is 0.119 e. The van der Waals surface area contributed by atoms with Crippen molar-refractivity contribution in [1.82, 2.24) is 0 Å². The summed E-state index contributed by atoms with van der Waals surface area (Å²) in [7, 11) is 0. The summed E-state index contributed by atoms with van der Waals surface area (Å²) in [6.45, 7) is 6.48. The summed E-state index contributed by atoms with van der Waals surface area (Å²) < 4.78 is 0. The van der Waals surface area contributed by atoms with Crippen molar-refractivity contribution in [3.8, 4) is 0 Å². The first-order valence-corrected chi connectivity index (χ1v) is 8.91. The fourth-order valence-electron chi connectivity index (χ4n) is 2.59. The van der Waals surface area contributed by atoms with Crippen molar-refractivity contribution in [2.45, 2.75) is 103 Å². The van der Waals surface area contributed by atoms with Crippen molar-refractivity contribution in [3.63, 3.8) is 0 Å². The van der Waals surface area contributed by atoms with Crippen LogP contribution in [0.5, 0.6) is 0 Å². The average molecular weight is 280 g/mol. The van der Waals surface area contributed by atoms with Crippen molar-refractivity contribution in [2.75, 3.05) is 0 Å². The molecule has 0 aromatic heterocycles. The number of aldehydes is 1. The SMILES string of the molecule is C=C(CCCCCCCC)CCCCCCCCC=O. The summed E-state index contributed by atoms with van der Waals surface area (Å²) in [4.78, 5) is 10.2. The Hall–Kier alpha value is -0.590. The molecule has 0 atom stereocenters. The lowest BCUT2D eigenvalue weighted by atomic mass is 10.0. The van der Waals surface area contributed by atoms with Gasteiger partial charge in [0, 0.05) is 6.42 Å². The minimum Gasteiger partial charge on any atom is -0.303 e. The number of unbranched alkanes of at least 4 members (excludes halogenated alkanes) is 11. The van der Waals surface area contributed by atoms with Crippen LogP contribution in [0.1, 0.15) is 103 Å². The van der Waals surface area contributed by atoms with Crippen LogP contribution in [0.2, 0.25) is 0 Å². The Balaban J connectivity index is 3.14. The van der Waals surface area contributed by atoms with Gasteiger partial charge in [-0.15, -0.1) is 0 Å². The molecule has 0 heterocycles. The van der Waals surface area contributed by atoms with Gasteiger partial charge >= 0.3 is 0 Å². The molecule has 0 aromatic carbocycles. The van der Waals surface area contributed by atoms with Gasteiger partial charge in [-0.05, 0) is 32.1 Å². The van der Waals surface area contributed by atoms with E-state index in [4.69, 9.17) is 0 Å². The van der Waals surface area contributed by atoms with Gasteiger partial charge in [0.2, 0.25) is 0 Å². The molecule has 0 radical (unpaired) electrons. The third-order valence-electron chi connectivity index (χ3n) is 3.99. The maximum atomic E-state index is 10.2. The standard InChI is InChI=1S/C19H36O/c1-3-4-5-6-10-13-16-19(2)17-14-11-8-7-9-12-15-18-20/h18H,2-17H2,1H3. The van der Waals surface area contributed by atoms with Crippen LogP contribution in [0, 0.1) is 0 Å². The molecular weight excluding hydrogens is 244 g/mol. The van der Waals surface area contributed by atoms with Crippen LogP contribution in [0.15, 0.2) is 12.2 Å². The fraction of sp³-hybridized carbons (Fsp3) is 0.842. The number of carbonyl (C=O) groups is 1. The minimum absolute atomic E-state index is 0.745. The van der Waals surface area contributed by atoms with Crippen LogP contribution in [-0.4, -0.2) is 6.29 Å². The molecule has 0 aliphatic carbocycles. The number of hydrogen-bond acceptors (Lipinski definition) is 1. The Morgan fingerprint density at radius 1 is 0.750 bits per heavy atom. The third kappa shape index (κ3) is 15.5. The molecule has 118 valence electrons. The second-order valence-corrected chi connectivity index (χ2v) is 6.09. The second-order valence-electron chi connectivity index (χ2n) is 6.09. The molecule has 0 saturated heterocycles. The highest BCUT2D eigenvalue weighted by Gasteiger charge is 1.97. The van der Waals surface area contributed by atoms with E-state index in [1.54, 1.807) is 0 Å². The van der Waals surface area contributed by atoms with Crippen LogP contribution in [0.4, 0.5) is 0 Å². The van der Waals surface area contributed by atoms with Gasteiger partial charge in [0.25, 0.3) is 0 Å². The van der Waals surface area contributed by atoms with Gasteiger partial charge in [-0.25, -0.2) is 0 Å². The van der Waals surface area contributed by atoms with Crippen LogP contribution >= 0.6 is 0 Å². The third-order valence-corrected chi connectivity index (χ3v) is 3.99. The van der Waals surface area contributed by atoms with Crippen LogP contribution < -0.4 is 0 Å². The first kappa shape index (κ1) is 19.4. The van der Waals surface area contributed by atoms with Gasteiger partial charge in [-0.3, -0.25) is 0 Å². The van der Waals surface area contributed by atoms with E-state index in [1.165, 1.54) is 89.0 Å². The Morgan fingerprint density at radius 3 is 1.70 bits per heavy atom. The molecule has 1 heteroatoms. The Bertz CT molecular complexity index is 220. The molecule has 0 rings (SSSR count). The van der Waals surface area contributed by atoms with Crippen molar-refractivity contribution in [2.24, 2.45) is 0 Å². The predicted octanol–water partition coefficient (Wildman–Crippen LogP) is 6.61. The monoisotopic (exact) mass is 280 g/mol. The maximum absolute atomic E-state index is 10.2. The minimum atomic E-state index is 0.745. The molecule has 1 nitrogen and oxygen atoms in total. The zero-order chi connectivity index (χ0) is 14.9. The smallest absolute Gasteiger partial charge is 0.119 e. The van der Waals surface area contributed by atoms with Crippen LogP contribution in [0.25, 0.3) is 0 Å². The molecule has 0 aliphatic heterocycles. The highest BCUT2D eigenvalue weighted by atomic mass is 16.1. The summed E-state index contributed by atoms with van der Waals surface area (Å²) >= 11 is 0. The number of allylic oxidation sites excluding steroid dienone is 1. The first-order valence-electron chi connectivity index (χ1n) is 8.91. The van der Waals surface area contributed by atoms with E-state index in [2.05, 4.69) is 13.5 Å². The molecule has 0 unspecified atom stereocenters. The van der Waals surface area contributed by atoms with Crippen molar-refractivity contribution < 1.29 is 4.79 Å².